The van der Waals surface area contributed by atoms with Crippen LogP contribution in [-0.2, 0) is 4.74 Å². The fourth-order valence-electron chi connectivity index (χ4n) is 3.57. The fourth-order valence-corrected chi connectivity index (χ4v) is 3.57. The third-order valence-corrected chi connectivity index (χ3v) is 5.11. The number of hydrogen-bond donors (Lipinski definition) is 1. The summed E-state index contributed by atoms with van der Waals surface area (Å²) in [5.74, 6) is -0.113. The number of aromatic nitrogens is 1. The molecule has 33 heavy (non-hydrogen) atoms. The Kier molecular flexibility index (Phi) is 8.34. The number of H-pyrrole nitrogens is 1. The minimum absolute atomic E-state index is 0.134. The largest absolute Gasteiger partial charge is 0.490 e. The molecular formula is C24H30N2O7. The van der Waals surface area contributed by atoms with Gasteiger partial charge in [-0.2, -0.15) is 0 Å². The molecule has 1 saturated heterocycles. The average molecular weight is 459 g/mol. The van der Waals surface area contributed by atoms with Gasteiger partial charge < -0.3 is 28.8 Å². The number of carbonyl (C=O) groups is 3. The van der Waals surface area contributed by atoms with E-state index < -0.39 is 18.4 Å². The molecule has 1 aliphatic rings. The summed E-state index contributed by atoms with van der Waals surface area (Å²) in [6.07, 6.45) is 3.42. The monoisotopic (exact) mass is 458 g/mol. The highest BCUT2D eigenvalue weighted by atomic mass is 16.5. The molecule has 3 rings (SSSR count). The molecule has 1 aromatic heterocycles. The van der Waals surface area contributed by atoms with Gasteiger partial charge in [0.15, 0.2) is 18.1 Å². The van der Waals surface area contributed by atoms with Crippen molar-refractivity contribution in [2.45, 2.75) is 33.6 Å². The number of aromatic amines is 1. The Morgan fingerprint density at radius 1 is 0.879 bits per heavy atom. The van der Waals surface area contributed by atoms with Crippen LogP contribution < -0.4 is 14.2 Å². The number of carbonyl (C=O) groups excluding carboxylic acids is 3. The molecule has 1 fully saturated rings. The van der Waals surface area contributed by atoms with Crippen LogP contribution in [0.2, 0.25) is 0 Å². The van der Waals surface area contributed by atoms with Gasteiger partial charge in [-0.25, -0.2) is 4.79 Å². The van der Waals surface area contributed by atoms with E-state index in [4.69, 9.17) is 18.9 Å². The van der Waals surface area contributed by atoms with Crippen molar-refractivity contribution >= 4 is 17.7 Å². The average Bonchev–Trinajstić information content (AvgIpc) is 3.51. The second-order valence-electron chi connectivity index (χ2n) is 7.40. The van der Waals surface area contributed by atoms with Gasteiger partial charge in [-0.15, -0.1) is 0 Å². The van der Waals surface area contributed by atoms with Crippen molar-refractivity contribution in [3.63, 3.8) is 0 Å². The molecule has 2 heterocycles. The summed E-state index contributed by atoms with van der Waals surface area (Å²) < 4.78 is 22.1. The molecule has 0 atom stereocenters. The first-order valence-electron chi connectivity index (χ1n) is 11.2. The summed E-state index contributed by atoms with van der Waals surface area (Å²) in [7, 11) is 0. The zero-order valence-electron chi connectivity index (χ0n) is 19.3. The quantitative estimate of drug-likeness (QED) is 0.406. The van der Waals surface area contributed by atoms with Crippen LogP contribution in [0.1, 0.15) is 64.8 Å². The number of nitrogens with one attached hydrogen (secondary N) is 1. The maximum absolute atomic E-state index is 12.7. The highest BCUT2D eigenvalue weighted by molar-refractivity contribution is 6.02. The van der Waals surface area contributed by atoms with E-state index in [1.54, 1.807) is 4.90 Å². The number of Topliss-reactive ketones (excluding diaryl/α,β-unsaturated/α-hetero) is 1. The molecule has 1 N–H and O–H groups in total. The molecule has 1 aromatic carbocycles. The van der Waals surface area contributed by atoms with Gasteiger partial charge in [0.2, 0.25) is 11.5 Å². The molecule has 0 bridgehead atoms. The van der Waals surface area contributed by atoms with E-state index in [9.17, 15) is 14.4 Å². The lowest BCUT2D eigenvalue weighted by Gasteiger charge is -2.16. The van der Waals surface area contributed by atoms with Crippen molar-refractivity contribution in [1.29, 1.82) is 0 Å². The molecule has 0 unspecified atom stereocenters. The molecule has 0 spiro atoms. The molecular weight excluding hydrogens is 428 g/mol. The van der Waals surface area contributed by atoms with Gasteiger partial charge in [-0.3, -0.25) is 9.59 Å². The number of esters is 1. The number of ketones is 1. The summed E-state index contributed by atoms with van der Waals surface area (Å²) in [6.45, 7) is 7.58. The normalized spacial score (nSPS) is 13.0. The highest BCUT2D eigenvalue weighted by Gasteiger charge is 2.23. The lowest BCUT2D eigenvalue weighted by molar-refractivity contribution is 0.0473. The van der Waals surface area contributed by atoms with E-state index in [-0.39, 0.29) is 17.0 Å². The van der Waals surface area contributed by atoms with Crippen molar-refractivity contribution < 1.29 is 33.3 Å². The summed E-state index contributed by atoms with van der Waals surface area (Å²) in [5, 5.41) is 0. The van der Waals surface area contributed by atoms with Crippen LogP contribution in [0.5, 0.6) is 17.2 Å². The zero-order valence-corrected chi connectivity index (χ0v) is 19.3. The fraction of sp³-hybridized carbons (Fsp3) is 0.458. The molecule has 9 nitrogen and oxygen atoms in total. The number of ether oxygens (including phenoxy) is 4. The van der Waals surface area contributed by atoms with Gasteiger partial charge in [0.25, 0.3) is 5.91 Å². The Labute approximate surface area is 192 Å². The number of rotatable bonds is 11. The lowest BCUT2D eigenvalue weighted by atomic mass is 10.1. The Morgan fingerprint density at radius 2 is 1.48 bits per heavy atom. The van der Waals surface area contributed by atoms with Gasteiger partial charge in [0, 0.05) is 24.8 Å². The minimum Gasteiger partial charge on any atom is -0.490 e. The first-order valence-corrected chi connectivity index (χ1v) is 11.2. The topological polar surface area (TPSA) is 107 Å². The van der Waals surface area contributed by atoms with Gasteiger partial charge in [-0.05, 0) is 51.8 Å². The number of amides is 1. The molecule has 0 saturated carbocycles. The predicted octanol–water partition coefficient (Wildman–Crippen LogP) is 3.49. The summed E-state index contributed by atoms with van der Waals surface area (Å²) in [5.41, 5.74) is 0.806. The van der Waals surface area contributed by atoms with Crippen LogP contribution in [0.25, 0.3) is 0 Å². The summed E-state index contributed by atoms with van der Waals surface area (Å²) in [6, 6.07) is 4.51. The van der Waals surface area contributed by atoms with Crippen LogP contribution in [0.15, 0.2) is 24.4 Å². The molecule has 1 amide bonds. The van der Waals surface area contributed by atoms with Crippen LogP contribution in [0, 0.1) is 0 Å². The molecule has 0 radical (unpaired) electrons. The SMILES string of the molecule is CCOc1cc(C(=O)OCC(=O)c2c[nH]c(C(=O)N3CCCC3)c2)cc(OCC)c1OCC. The van der Waals surface area contributed by atoms with E-state index in [1.807, 2.05) is 20.8 Å². The Morgan fingerprint density at radius 3 is 2.06 bits per heavy atom. The summed E-state index contributed by atoms with van der Waals surface area (Å²) in [4.78, 5) is 42.2. The maximum Gasteiger partial charge on any atom is 0.338 e. The molecule has 9 heteroatoms. The van der Waals surface area contributed by atoms with E-state index in [0.29, 0.717) is 55.9 Å². The minimum atomic E-state index is -0.697. The van der Waals surface area contributed by atoms with Crippen LogP contribution in [0.4, 0.5) is 0 Å². The van der Waals surface area contributed by atoms with Crippen LogP contribution >= 0.6 is 0 Å². The molecule has 178 valence electrons. The van der Waals surface area contributed by atoms with Gasteiger partial charge in [-0.1, -0.05) is 0 Å². The molecule has 1 aliphatic heterocycles. The van der Waals surface area contributed by atoms with Crippen molar-refractivity contribution in [3.8, 4) is 17.2 Å². The van der Waals surface area contributed by atoms with Crippen molar-refractivity contribution in [1.82, 2.24) is 9.88 Å². The standard InChI is InChI=1S/C24H30N2O7/c1-4-30-20-12-16(13-21(31-5-2)22(20)32-6-3)24(29)33-15-19(27)17-11-18(25-14-17)23(28)26-9-7-8-10-26/h11-14,25H,4-10,15H2,1-3H3. The van der Waals surface area contributed by atoms with E-state index in [2.05, 4.69) is 4.98 Å². The smallest absolute Gasteiger partial charge is 0.338 e. The third kappa shape index (κ3) is 5.85. The molecule has 2 aromatic rings. The lowest BCUT2D eigenvalue weighted by Crippen LogP contribution is -2.27. The predicted molar refractivity (Wildman–Crippen MR) is 120 cm³/mol. The number of likely N-dealkylation sites (tertiary alicyclic amines) is 1. The number of nitrogens with zero attached hydrogens (tertiary/aromatic N) is 1. The van der Waals surface area contributed by atoms with Crippen molar-refractivity contribution in [2.24, 2.45) is 0 Å². The highest BCUT2D eigenvalue weighted by Crippen LogP contribution is 2.39. The second-order valence-corrected chi connectivity index (χ2v) is 7.40. The third-order valence-electron chi connectivity index (χ3n) is 5.11. The Balaban J connectivity index is 1.68. The van der Waals surface area contributed by atoms with E-state index in [0.717, 1.165) is 12.8 Å². The van der Waals surface area contributed by atoms with E-state index in [1.165, 1.54) is 24.4 Å². The first kappa shape index (κ1) is 24.2. The van der Waals surface area contributed by atoms with Gasteiger partial charge in [0.05, 0.1) is 25.4 Å². The first-order chi connectivity index (χ1) is 16.0. The zero-order chi connectivity index (χ0) is 23.8. The van der Waals surface area contributed by atoms with Crippen molar-refractivity contribution in [2.75, 3.05) is 39.5 Å². The Bertz CT molecular complexity index is 965. The van der Waals surface area contributed by atoms with Crippen molar-refractivity contribution in [3.05, 3.63) is 41.2 Å². The van der Waals surface area contributed by atoms with E-state index >= 15 is 0 Å². The molecule has 0 aliphatic carbocycles. The Hall–Kier alpha value is -3.49. The van der Waals surface area contributed by atoms with Gasteiger partial charge >= 0.3 is 5.97 Å². The van der Waals surface area contributed by atoms with Crippen LogP contribution in [-0.4, -0.2) is 67.1 Å². The summed E-state index contributed by atoms with van der Waals surface area (Å²) >= 11 is 0. The van der Waals surface area contributed by atoms with Gasteiger partial charge in [0.1, 0.15) is 5.69 Å². The maximum atomic E-state index is 12.7. The second kappa shape index (κ2) is 11.4. The van der Waals surface area contributed by atoms with Crippen LogP contribution in [0.3, 0.4) is 0 Å². The number of hydrogen-bond acceptors (Lipinski definition) is 7. The number of benzene rings is 1.